The van der Waals surface area contributed by atoms with Crippen LogP contribution in [-0.2, 0) is 16.4 Å². The number of rotatable bonds is 4. The molecule has 0 spiro atoms. The Bertz CT molecular complexity index is 910. The fraction of sp³-hybridized carbons (Fsp3) is 0.278. The summed E-state index contributed by atoms with van der Waals surface area (Å²) in [5.74, 6) is -0.155. The van der Waals surface area contributed by atoms with Crippen molar-refractivity contribution in [1.29, 1.82) is 0 Å². The summed E-state index contributed by atoms with van der Waals surface area (Å²) in [6, 6.07) is 12.4. The van der Waals surface area contributed by atoms with Gasteiger partial charge in [0.25, 0.3) is 5.91 Å². The molecule has 1 heterocycles. The van der Waals surface area contributed by atoms with E-state index in [-0.39, 0.29) is 17.7 Å². The molecule has 132 valence electrons. The highest BCUT2D eigenvalue weighted by Gasteiger charge is 2.34. The second-order valence-electron chi connectivity index (χ2n) is 6.05. The maximum Gasteiger partial charge on any atom is 0.255 e. The minimum absolute atomic E-state index is 0.0581. The van der Waals surface area contributed by atoms with Crippen LogP contribution in [0.2, 0.25) is 0 Å². The van der Waals surface area contributed by atoms with Gasteiger partial charge in [-0.2, -0.15) is 0 Å². The number of halogens is 1. The largest absolute Gasteiger partial charge is 0.322 e. The first-order valence-corrected chi connectivity index (χ1v) is 10.4. The zero-order chi connectivity index (χ0) is 18.2. The Morgan fingerprint density at radius 3 is 2.56 bits per heavy atom. The predicted molar refractivity (Wildman–Crippen MR) is 104 cm³/mol. The molecule has 0 aliphatic carbocycles. The Labute approximate surface area is 156 Å². The van der Waals surface area contributed by atoms with Crippen molar-refractivity contribution in [2.24, 2.45) is 0 Å². The van der Waals surface area contributed by atoms with Gasteiger partial charge in [-0.15, -0.1) is 0 Å². The molecule has 1 N–H and O–H groups in total. The van der Waals surface area contributed by atoms with Crippen LogP contribution < -0.4 is 9.62 Å². The number of hydrogen-bond donors (Lipinski definition) is 1. The summed E-state index contributed by atoms with van der Waals surface area (Å²) in [6.45, 7) is 3.52. The first-order chi connectivity index (χ1) is 11.8. The molecule has 25 heavy (non-hydrogen) atoms. The van der Waals surface area contributed by atoms with Crippen molar-refractivity contribution >= 4 is 43.2 Å². The van der Waals surface area contributed by atoms with E-state index < -0.39 is 10.0 Å². The quantitative estimate of drug-likeness (QED) is 0.814. The number of hydrogen-bond acceptors (Lipinski definition) is 3. The van der Waals surface area contributed by atoms with Crippen LogP contribution in [-0.4, -0.2) is 26.1 Å². The third kappa shape index (κ3) is 3.57. The van der Waals surface area contributed by atoms with Crippen molar-refractivity contribution in [3.05, 3.63) is 58.1 Å². The van der Waals surface area contributed by atoms with Crippen LogP contribution in [0.3, 0.4) is 0 Å². The van der Waals surface area contributed by atoms with Crippen molar-refractivity contribution < 1.29 is 13.2 Å². The van der Waals surface area contributed by atoms with Gasteiger partial charge in [0.05, 0.1) is 11.4 Å². The molecule has 1 atom stereocenters. The number of benzene rings is 2. The summed E-state index contributed by atoms with van der Waals surface area (Å²) < 4.78 is 27.0. The van der Waals surface area contributed by atoms with Crippen molar-refractivity contribution in [1.82, 2.24) is 0 Å². The second kappa shape index (κ2) is 6.80. The van der Waals surface area contributed by atoms with E-state index in [0.29, 0.717) is 23.4 Å². The molecule has 0 bridgehead atoms. The van der Waals surface area contributed by atoms with Gasteiger partial charge in [-0.3, -0.25) is 9.10 Å². The molecule has 7 heteroatoms. The fourth-order valence-corrected chi connectivity index (χ4v) is 4.69. The summed E-state index contributed by atoms with van der Waals surface area (Å²) >= 11 is 3.36. The average molecular weight is 423 g/mol. The lowest BCUT2D eigenvalue weighted by molar-refractivity contribution is 0.102. The zero-order valence-electron chi connectivity index (χ0n) is 14.0. The summed E-state index contributed by atoms with van der Waals surface area (Å²) in [4.78, 5) is 12.5. The Balaban J connectivity index is 1.86. The van der Waals surface area contributed by atoms with Crippen LogP contribution in [0.1, 0.15) is 29.8 Å². The molecular formula is C18H19BrN2O3S. The van der Waals surface area contributed by atoms with Gasteiger partial charge >= 0.3 is 0 Å². The van der Waals surface area contributed by atoms with E-state index in [1.165, 1.54) is 4.31 Å². The highest BCUT2D eigenvalue weighted by Crippen LogP contribution is 2.35. The van der Waals surface area contributed by atoms with Gasteiger partial charge in [0.15, 0.2) is 0 Å². The minimum atomic E-state index is -3.32. The standard InChI is InChI=1S/C18H19BrN2O3S/c1-3-25(23,24)21-12(2)10-14-11-13(4-9-17(14)21)18(22)20-16-7-5-15(19)6-8-16/h4-9,11-12H,3,10H2,1-2H3,(H,20,22)/t12-/m0/s1. The van der Waals surface area contributed by atoms with Crippen LogP contribution in [0.15, 0.2) is 46.9 Å². The zero-order valence-corrected chi connectivity index (χ0v) is 16.4. The lowest BCUT2D eigenvalue weighted by atomic mass is 10.1. The van der Waals surface area contributed by atoms with Crippen LogP contribution in [0.5, 0.6) is 0 Å². The maximum absolute atomic E-state index is 12.5. The monoisotopic (exact) mass is 422 g/mol. The summed E-state index contributed by atoms with van der Waals surface area (Å²) in [7, 11) is -3.32. The molecule has 1 aliphatic rings. The van der Waals surface area contributed by atoms with E-state index in [9.17, 15) is 13.2 Å². The van der Waals surface area contributed by atoms with E-state index in [2.05, 4.69) is 21.2 Å². The molecule has 3 rings (SSSR count). The van der Waals surface area contributed by atoms with E-state index >= 15 is 0 Å². The van der Waals surface area contributed by atoms with Gasteiger partial charge in [-0.25, -0.2) is 8.42 Å². The summed E-state index contributed by atoms with van der Waals surface area (Å²) in [6.07, 6.45) is 0.605. The number of carbonyl (C=O) groups is 1. The number of fused-ring (bicyclic) bond motifs is 1. The van der Waals surface area contributed by atoms with Gasteiger partial charge in [0.1, 0.15) is 0 Å². The van der Waals surface area contributed by atoms with Gasteiger partial charge in [0.2, 0.25) is 10.0 Å². The Morgan fingerprint density at radius 2 is 1.92 bits per heavy atom. The normalized spacial score (nSPS) is 16.6. The molecule has 0 saturated heterocycles. The van der Waals surface area contributed by atoms with Crippen LogP contribution in [0.4, 0.5) is 11.4 Å². The lowest BCUT2D eigenvalue weighted by Crippen LogP contribution is -2.36. The molecule has 0 aromatic heterocycles. The third-order valence-corrected chi connectivity index (χ3v) is 6.68. The number of anilines is 2. The predicted octanol–water partition coefficient (Wildman–Crippen LogP) is 3.80. The second-order valence-corrected chi connectivity index (χ2v) is 9.10. The molecule has 2 aromatic carbocycles. The summed E-state index contributed by atoms with van der Waals surface area (Å²) in [5.41, 5.74) is 2.78. The number of nitrogens with zero attached hydrogens (tertiary/aromatic N) is 1. The number of amides is 1. The van der Waals surface area contributed by atoms with Crippen LogP contribution >= 0.6 is 15.9 Å². The van der Waals surface area contributed by atoms with Gasteiger partial charge in [-0.1, -0.05) is 15.9 Å². The Morgan fingerprint density at radius 1 is 1.24 bits per heavy atom. The van der Waals surface area contributed by atoms with Gasteiger partial charge < -0.3 is 5.32 Å². The van der Waals surface area contributed by atoms with Crippen molar-refractivity contribution in [3.63, 3.8) is 0 Å². The third-order valence-electron chi connectivity index (χ3n) is 4.26. The molecule has 0 saturated carbocycles. The van der Waals surface area contributed by atoms with Crippen LogP contribution in [0.25, 0.3) is 0 Å². The Kier molecular flexibility index (Phi) is 4.88. The Hall–Kier alpha value is -1.86. The molecule has 5 nitrogen and oxygen atoms in total. The van der Waals surface area contributed by atoms with E-state index in [0.717, 1.165) is 10.0 Å². The number of carbonyl (C=O) groups excluding carboxylic acids is 1. The van der Waals surface area contributed by atoms with Crippen molar-refractivity contribution in [2.75, 3.05) is 15.4 Å². The van der Waals surface area contributed by atoms with Gasteiger partial charge in [0, 0.05) is 21.8 Å². The minimum Gasteiger partial charge on any atom is -0.322 e. The molecular weight excluding hydrogens is 404 g/mol. The topological polar surface area (TPSA) is 66.5 Å². The first-order valence-electron chi connectivity index (χ1n) is 8.04. The number of nitrogens with one attached hydrogen (secondary N) is 1. The van der Waals surface area contributed by atoms with Crippen LogP contribution in [0, 0.1) is 0 Å². The highest BCUT2D eigenvalue weighted by atomic mass is 79.9. The van der Waals surface area contributed by atoms with Crippen molar-refractivity contribution in [2.45, 2.75) is 26.3 Å². The number of sulfonamides is 1. The van der Waals surface area contributed by atoms with Crippen molar-refractivity contribution in [3.8, 4) is 0 Å². The maximum atomic E-state index is 12.5. The van der Waals surface area contributed by atoms with E-state index in [1.807, 2.05) is 31.2 Å². The SMILES string of the molecule is CCS(=O)(=O)N1c2ccc(C(=O)Nc3ccc(Br)cc3)cc2C[C@@H]1C. The molecule has 0 fully saturated rings. The average Bonchev–Trinajstić information content (AvgIpc) is 2.92. The first kappa shape index (κ1) is 17.9. The van der Waals surface area contributed by atoms with Gasteiger partial charge in [-0.05, 0) is 68.3 Å². The molecule has 2 aromatic rings. The summed E-state index contributed by atoms with van der Waals surface area (Å²) in [5, 5.41) is 2.85. The molecule has 1 aliphatic heterocycles. The van der Waals surface area contributed by atoms with E-state index in [1.54, 1.807) is 25.1 Å². The van der Waals surface area contributed by atoms with E-state index in [4.69, 9.17) is 0 Å². The fourth-order valence-electron chi connectivity index (χ4n) is 3.04. The lowest BCUT2D eigenvalue weighted by Gasteiger charge is -2.23. The molecule has 1 amide bonds. The highest BCUT2D eigenvalue weighted by molar-refractivity contribution is 9.10. The smallest absolute Gasteiger partial charge is 0.255 e. The molecule has 0 unspecified atom stereocenters. The molecule has 0 radical (unpaired) electrons.